The van der Waals surface area contributed by atoms with Crippen molar-refractivity contribution in [3.63, 3.8) is 0 Å². The lowest BCUT2D eigenvalue weighted by Crippen LogP contribution is -2.11. The maximum absolute atomic E-state index is 12.2. The van der Waals surface area contributed by atoms with Crippen LogP contribution in [0.2, 0.25) is 5.02 Å². The van der Waals surface area contributed by atoms with E-state index < -0.39 is 0 Å². The van der Waals surface area contributed by atoms with Gasteiger partial charge in [0.1, 0.15) is 5.69 Å². The Balaban J connectivity index is 1.75. The van der Waals surface area contributed by atoms with Crippen molar-refractivity contribution in [1.29, 1.82) is 0 Å². The minimum Gasteiger partial charge on any atom is -0.322 e. The number of hydrogen-bond donors (Lipinski definition) is 1. The van der Waals surface area contributed by atoms with Crippen LogP contribution in [0.15, 0.2) is 83.0 Å². The lowest BCUT2D eigenvalue weighted by molar-refractivity contribution is 0.102. The van der Waals surface area contributed by atoms with Crippen LogP contribution in [0.4, 0.5) is 17.1 Å². The molecule has 0 atom stereocenters. The molecule has 0 unspecified atom stereocenters. The third-order valence-corrected chi connectivity index (χ3v) is 3.51. The van der Waals surface area contributed by atoms with Crippen LogP contribution >= 0.6 is 11.6 Å². The van der Waals surface area contributed by atoms with E-state index in [1.54, 1.807) is 54.6 Å². The maximum atomic E-state index is 12.2. The van der Waals surface area contributed by atoms with Gasteiger partial charge in [0.25, 0.3) is 5.91 Å². The van der Waals surface area contributed by atoms with E-state index in [9.17, 15) is 4.79 Å². The van der Waals surface area contributed by atoms with Crippen molar-refractivity contribution in [2.75, 3.05) is 5.32 Å². The topological polar surface area (TPSA) is 53.8 Å². The summed E-state index contributed by atoms with van der Waals surface area (Å²) in [5.41, 5.74) is 2.42. The van der Waals surface area contributed by atoms with Gasteiger partial charge in [-0.2, -0.15) is 5.11 Å². The van der Waals surface area contributed by atoms with E-state index >= 15 is 0 Å². The predicted molar refractivity (Wildman–Crippen MR) is 95.3 cm³/mol. The number of benzene rings is 3. The Morgan fingerprint density at radius 3 is 2.62 bits per heavy atom. The van der Waals surface area contributed by atoms with Crippen LogP contribution < -0.4 is 5.32 Å². The summed E-state index contributed by atoms with van der Waals surface area (Å²) in [6, 6.07) is 24.1. The fraction of sp³-hybridized carbons (Fsp3) is 0. The molecule has 24 heavy (non-hydrogen) atoms. The van der Waals surface area contributed by atoms with E-state index in [1.165, 1.54) is 0 Å². The van der Waals surface area contributed by atoms with Crippen LogP contribution in [0.5, 0.6) is 0 Å². The average Bonchev–Trinajstić information content (AvgIpc) is 2.62. The lowest BCUT2D eigenvalue weighted by Gasteiger charge is -2.05. The second kappa shape index (κ2) is 7.53. The molecule has 0 saturated heterocycles. The van der Waals surface area contributed by atoms with Gasteiger partial charge < -0.3 is 5.32 Å². The lowest BCUT2D eigenvalue weighted by atomic mass is 10.2. The summed E-state index contributed by atoms with van der Waals surface area (Å²) < 4.78 is 0. The van der Waals surface area contributed by atoms with Gasteiger partial charge in [-0.3, -0.25) is 4.79 Å². The smallest absolute Gasteiger partial charge is 0.255 e. The van der Waals surface area contributed by atoms with Crippen molar-refractivity contribution in [3.05, 3.63) is 89.4 Å². The Kier molecular flexibility index (Phi) is 4.99. The van der Waals surface area contributed by atoms with E-state index in [-0.39, 0.29) is 5.91 Å². The van der Waals surface area contributed by atoms with Crippen molar-refractivity contribution < 1.29 is 4.79 Å². The molecule has 5 heteroatoms. The predicted octanol–water partition coefficient (Wildman–Crippen LogP) is 5.81. The molecule has 0 aromatic heterocycles. The number of rotatable bonds is 4. The first-order valence-corrected chi connectivity index (χ1v) is 7.64. The highest BCUT2D eigenvalue weighted by Crippen LogP contribution is 2.26. The Bertz CT molecular complexity index is 879. The van der Waals surface area contributed by atoms with Crippen molar-refractivity contribution in [2.45, 2.75) is 0 Å². The first kappa shape index (κ1) is 15.9. The summed E-state index contributed by atoms with van der Waals surface area (Å²) in [6.45, 7) is 0. The normalized spacial score (nSPS) is 10.7. The van der Waals surface area contributed by atoms with Gasteiger partial charge in [-0.15, -0.1) is 5.11 Å². The Morgan fingerprint density at radius 1 is 1.00 bits per heavy atom. The van der Waals surface area contributed by atoms with Crippen LogP contribution in [-0.2, 0) is 0 Å². The molecule has 3 aromatic carbocycles. The second-order valence-electron chi connectivity index (χ2n) is 4.95. The van der Waals surface area contributed by atoms with Gasteiger partial charge in [0, 0.05) is 11.3 Å². The third kappa shape index (κ3) is 4.06. The number of anilines is 1. The fourth-order valence-electron chi connectivity index (χ4n) is 2.03. The van der Waals surface area contributed by atoms with Crippen molar-refractivity contribution in [1.82, 2.24) is 0 Å². The zero-order valence-electron chi connectivity index (χ0n) is 12.6. The molecular weight excluding hydrogens is 322 g/mol. The SMILES string of the molecule is O=C(Nc1cccc(N=Nc2cc[c]cc2Cl)c1)c1ccccc1. The first-order valence-electron chi connectivity index (χ1n) is 7.26. The standard InChI is InChI=1S/C19H13ClN3O/c20-17-11-4-5-12-18(17)23-22-16-10-6-9-15(13-16)21-19(24)14-7-2-1-3-8-14/h1-3,5-13H,(H,21,24). The van der Waals surface area contributed by atoms with E-state index in [4.69, 9.17) is 11.6 Å². The number of halogens is 1. The largest absolute Gasteiger partial charge is 0.322 e. The summed E-state index contributed by atoms with van der Waals surface area (Å²) >= 11 is 6.02. The first-order chi connectivity index (χ1) is 11.7. The summed E-state index contributed by atoms with van der Waals surface area (Å²) in [7, 11) is 0. The number of amides is 1. The molecule has 0 aliphatic rings. The summed E-state index contributed by atoms with van der Waals surface area (Å²) in [5.74, 6) is -0.175. The quantitative estimate of drug-likeness (QED) is 0.601. The highest BCUT2D eigenvalue weighted by molar-refractivity contribution is 6.32. The van der Waals surface area contributed by atoms with Crippen LogP contribution in [0.1, 0.15) is 10.4 Å². The molecular formula is C19H13ClN3O. The Hall–Kier alpha value is -2.98. The zero-order chi connectivity index (χ0) is 16.8. The number of nitrogens with zero attached hydrogens (tertiary/aromatic N) is 2. The Morgan fingerprint density at radius 2 is 1.83 bits per heavy atom. The van der Waals surface area contributed by atoms with Crippen LogP contribution in [-0.4, -0.2) is 5.91 Å². The molecule has 0 heterocycles. The van der Waals surface area contributed by atoms with Crippen LogP contribution in [0.25, 0.3) is 0 Å². The number of hydrogen-bond acceptors (Lipinski definition) is 3. The molecule has 4 nitrogen and oxygen atoms in total. The molecule has 3 aromatic rings. The molecule has 0 aliphatic carbocycles. The molecule has 1 N–H and O–H groups in total. The van der Waals surface area contributed by atoms with Crippen molar-refractivity contribution in [2.24, 2.45) is 10.2 Å². The van der Waals surface area contributed by atoms with Gasteiger partial charge in [-0.25, -0.2) is 0 Å². The molecule has 0 saturated carbocycles. The van der Waals surface area contributed by atoms with Gasteiger partial charge in [0.15, 0.2) is 0 Å². The van der Waals surface area contributed by atoms with E-state index in [1.807, 2.05) is 18.2 Å². The minimum absolute atomic E-state index is 0.175. The van der Waals surface area contributed by atoms with Gasteiger partial charge >= 0.3 is 0 Å². The van der Waals surface area contributed by atoms with Gasteiger partial charge in [0.05, 0.1) is 10.7 Å². The maximum Gasteiger partial charge on any atom is 0.255 e. The summed E-state index contributed by atoms with van der Waals surface area (Å²) in [6.07, 6.45) is 0. The molecule has 0 aliphatic heterocycles. The molecule has 117 valence electrons. The summed E-state index contributed by atoms with van der Waals surface area (Å²) in [5, 5.41) is 11.6. The molecule has 1 amide bonds. The molecule has 0 spiro atoms. The minimum atomic E-state index is -0.175. The fourth-order valence-corrected chi connectivity index (χ4v) is 2.20. The third-order valence-electron chi connectivity index (χ3n) is 3.21. The number of carbonyl (C=O) groups excluding carboxylic acids is 1. The van der Waals surface area contributed by atoms with Crippen LogP contribution in [0.3, 0.4) is 0 Å². The van der Waals surface area contributed by atoms with E-state index in [2.05, 4.69) is 21.6 Å². The average molecular weight is 335 g/mol. The monoisotopic (exact) mass is 334 g/mol. The number of carbonyl (C=O) groups is 1. The van der Waals surface area contributed by atoms with E-state index in [0.29, 0.717) is 27.6 Å². The van der Waals surface area contributed by atoms with Crippen molar-refractivity contribution >= 4 is 34.6 Å². The van der Waals surface area contributed by atoms with Crippen molar-refractivity contribution in [3.8, 4) is 0 Å². The van der Waals surface area contributed by atoms with Crippen LogP contribution in [0, 0.1) is 6.07 Å². The zero-order valence-corrected chi connectivity index (χ0v) is 13.4. The number of nitrogens with one attached hydrogen (secondary N) is 1. The summed E-state index contributed by atoms with van der Waals surface area (Å²) in [4.78, 5) is 12.2. The van der Waals surface area contributed by atoms with Gasteiger partial charge in [0.2, 0.25) is 0 Å². The second-order valence-corrected chi connectivity index (χ2v) is 5.36. The highest BCUT2D eigenvalue weighted by atomic mass is 35.5. The highest BCUT2D eigenvalue weighted by Gasteiger charge is 2.05. The molecule has 0 fully saturated rings. The molecule has 3 rings (SSSR count). The van der Waals surface area contributed by atoms with Gasteiger partial charge in [-0.05, 0) is 48.5 Å². The molecule has 0 bridgehead atoms. The number of azo groups is 1. The Labute approximate surface area is 144 Å². The molecule has 1 radical (unpaired) electrons. The van der Waals surface area contributed by atoms with E-state index in [0.717, 1.165) is 0 Å². The van der Waals surface area contributed by atoms with Gasteiger partial charge in [-0.1, -0.05) is 41.9 Å².